The van der Waals surface area contributed by atoms with Crippen LogP contribution in [0.5, 0.6) is 0 Å². The van der Waals surface area contributed by atoms with Crippen LogP contribution in [0.25, 0.3) is 0 Å². The van der Waals surface area contributed by atoms with E-state index < -0.39 is 0 Å². The van der Waals surface area contributed by atoms with E-state index in [0.717, 1.165) is 24.6 Å². The Labute approximate surface area is 121 Å². The second-order valence-corrected chi connectivity index (χ2v) is 5.53. The van der Waals surface area contributed by atoms with Crippen LogP contribution in [0.2, 0.25) is 0 Å². The van der Waals surface area contributed by atoms with E-state index in [4.69, 9.17) is 5.73 Å². The van der Waals surface area contributed by atoms with Gasteiger partial charge in [0.1, 0.15) is 0 Å². The maximum atomic E-state index is 11.3. The zero-order chi connectivity index (χ0) is 14.4. The summed E-state index contributed by atoms with van der Waals surface area (Å²) in [7, 11) is 0. The van der Waals surface area contributed by atoms with Crippen LogP contribution in [0.1, 0.15) is 35.7 Å². The summed E-state index contributed by atoms with van der Waals surface area (Å²) in [5.41, 5.74) is 7.00. The summed E-state index contributed by atoms with van der Waals surface area (Å²) < 4.78 is 0. The van der Waals surface area contributed by atoms with Gasteiger partial charge in [-0.25, -0.2) is 0 Å². The highest BCUT2D eigenvalue weighted by Gasteiger charge is 2.17. The Balaban J connectivity index is 1.78. The van der Waals surface area contributed by atoms with E-state index >= 15 is 0 Å². The summed E-state index contributed by atoms with van der Waals surface area (Å²) in [6.07, 6.45) is 2.52. The maximum Gasteiger partial charge on any atom is 0.249 e. The van der Waals surface area contributed by atoms with Crippen molar-refractivity contribution in [3.63, 3.8) is 0 Å². The zero-order valence-electron chi connectivity index (χ0n) is 12.3. The quantitative estimate of drug-likeness (QED) is 0.829. The van der Waals surface area contributed by atoms with Gasteiger partial charge >= 0.3 is 0 Å². The zero-order valence-corrected chi connectivity index (χ0v) is 12.3. The lowest BCUT2D eigenvalue weighted by Gasteiger charge is -2.31. The molecule has 0 aliphatic carbocycles. The first-order chi connectivity index (χ1) is 9.70. The molecule has 0 bridgehead atoms. The Morgan fingerprint density at radius 1 is 1.35 bits per heavy atom. The van der Waals surface area contributed by atoms with Crippen molar-refractivity contribution in [1.29, 1.82) is 0 Å². The van der Waals surface area contributed by atoms with Crippen molar-refractivity contribution in [2.45, 2.75) is 26.3 Å². The van der Waals surface area contributed by atoms with E-state index in [9.17, 15) is 4.79 Å². The SMILES string of the molecule is CCN1CCC(CNCc2ccccc2C(N)=O)CC1. The molecule has 1 fully saturated rings. The van der Waals surface area contributed by atoms with Crippen molar-refractivity contribution in [3.05, 3.63) is 35.4 Å². The Kier molecular flexibility index (Phi) is 5.56. The van der Waals surface area contributed by atoms with Gasteiger partial charge in [0.15, 0.2) is 0 Å². The molecule has 1 amide bonds. The third-order valence-electron chi connectivity index (χ3n) is 4.19. The van der Waals surface area contributed by atoms with E-state index in [-0.39, 0.29) is 5.91 Å². The molecule has 20 heavy (non-hydrogen) atoms. The van der Waals surface area contributed by atoms with Crippen LogP contribution in [-0.2, 0) is 6.54 Å². The number of carbonyl (C=O) groups is 1. The summed E-state index contributed by atoms with van der Waals surface area (Å²) in [6, 6.07) is 7.55. The van der Waals surface area contributed by atoms with Crippen molar-refractivity contribution in [2.24, 2.45) is 11.7 Å². The number of carbonyl (C=O) groups excluding carboxylic acids is 1. The average Bonchev–Trinajstić information content (AvgIpc) is 2.48. The highest BCUT2D eigenvalue weighted by atomic mass is 16.1. The van der Waals surface area contributed by atoms with Crippen molar-refractivity contribution in [3.8, 4) is 0 Å². The molecule has 0 saturated carbocycles. The molecule has 3 N–H and O–H groups in total. The standard InChI is InChI=1S/C16H25N3O/c1-2-19-9-7-13(8-10-19)11-18-12-14-5-3-4-6-15(14)16(17)20/h3-6,13,18H,2,7-12H2,1H3,(H2,17,20). The molecule has 0 atom stereocenters. The highest BCUT2D eigenvalue weighted by molar-refractivity contribution is 5.94. The first-order valence-corrected chi connectivity index (χ1v) is 7.51. The minimum atomic E-state index is -0.348. The maximum absolute atomic E-state index is 11.3. The Bertz CT molecular complexity index is 439. The van der Waals surface area contributed by atoms with Gasteiger partial charge in [-0.3, -0.25) is 4.79 Å². The fraction of sp³-hybridized carbons (Fsp3) is 0.562. The van der Waals surface area contributed by atoms with E-state index in [1.165, 1.54) is 25.9 Å². The number of amides is 1. The van der Waals surface area contributed by atoms with Crippen molar-refractivity contribution in [2.75, 3.05) is 26.2 Å². The Hall–Kier alpha value is -1.39. The number of nitrogens with zero attached hydrogens (tertiary/aromatic N) is 1. The summed E-state index contributed by atoms with van der Waals surface area (Å²) in [6.45, 7) is 7.53. The number of benzene rings is 1. The molecule has 0 unspecified atom stereocenters. The summed E-state index contributed by atoms with van der Waals surface area (Å²) in [5.74, 6) is 0.400. The molecular weight excluding hydrogens is 250 g/mol. The molecule has 0 spiro atoms. The lowest BCUT2D eigenvalue weighted by atomic mass is 9.96. The molecule has 2 rings (SSSR count). The van der Waals surface area contributed by atoms with Gasteiger partial charge in [-0.15, -0.1) is 0 Å². The molecule has 110 valence electrons. The average molecular weight is 275 g/mol. The van der Waals surface area contributed by atoms with Gasteiger partial charge in [0.05, 0.1) is 0 Å². The predicted molar refractivity (Wildman–Crippen MR) is 81.5 cm³/mol. The fourth-order valence-electron chi connectivity index (χ4n) is 2.83. The first kappa shape index (κ1) is 15.0. The third-order valence-corrected chi connectivity index (χ3v) is 4.19. The van der Waals surface area contributed by atoms with Crippen LogP contribution in [-0.4, -0.2) is 37.0 Å². The molecule has 1 aliphatic heterocycles. The van der Waals surface area contributed by atoms with E-state index in [2.05, 4.69) is 17.1 Å². The molecule has 4 heteroatoms. The van der Waals surface area contributed by atoms with Gasteiger partial charge in [0, 0.05) is 12.1 Å². The second-order valence-electron chi connectivity index (χ2n) is 5.53. The lowest BCUT2D eigenvalue weighted by Crippen LogP contribution is -2.37. The van der Waals surface area contributed by atoms with Gasteiger partial charge in [0.2, 0.25) is 5.91 Å². The smallest absolute Gasteiger partial charge is 0.249 e. The van der Waals surface area contributed by atoms with Gasteiger partial charge in [-0.1, -0.05) is 25.1 Å². The largest absolute Gasteiger partial charge is 0.366 e. The Morgan fingerprint density at radius 2 is 2.05 bits per heavy atom. The summed E-state index contributed by atoms with van der Waals surface area (Å²) in [4.78, 5) is 13.8. The first-order valence-electron chi connectivity index (χ1n) is 7.51. The molecule has 4 nitrogen and oxygen atoms in total. The number of nitrogens with one attached hydrogen (secondary N) is 1. The van der Waals surface area contributed by atoms with Crippen LogP contribution in [0.15, 0.2) is 24.3 Å². The number of primary amides is 1. The lowest BCUT2D eigenvalue weighted by molar-refractivity contribution is 0.0999. The third kappa shape index (κ3) is 4.05. The number of likely N-dealkylation sites (tertiary alicyclic amines) is 1. The van der Waals surface area contributed by atoms with Gasteiger partial charge in [0.25, 0.3) is 0 Å². The number of hydrogen-bond acceptors (Lipinski definition) is 3. The molecular formula is C16H25N3O. The van der Waals surface area contributed by atoms with Crippen LogP contribution in [0.4, 0.5) is 0 Å². The van der Waals surface area contributed by atoms with E-state index in [0.29, 0.717) is 12.1 Å². The highest BCUT2D eigenvalue weighted by Crippen LogP contribution is 2.16. The molecule has 0 aromatic heterocycles. The van der Waals surface area contributed by atoms with Crippen LogP contribution < -0.4 is 11.1 Å². The van der Waals surface area contributed by atoms with E-state index in [1.807, 2.05) is 18.2 Å². The molecule has 1 aromatic carbocycles. The van der Waals surface area contributed by atoms with Crippen LogP contribution in [0.3, 0.4) is 0 Å². The molecule has 1 saturated heterocycles. The summed E-state index contributed by atoms with van der Waals surface area (Å²) >= 11 is 0. The number of nitrogens with two attached hydrogens (primary N) is 1. The fourth-order valence-corrected chi connectivity index (χ4v) is 2.83. The van der Waals surface area contributed by atoms with E-state index in [1.54, 1.807) is 6.07 Å². The van der Waals surface area contributed by atoms with Gasteiger partial charge < -0.3 is 16.0 Å². The van der Waals surface area contributed by atoms with Crippen LogP contribution in [0, 0.1) is 5.92 Å². The Morgan fingerprint density at radius 3 is 2.70 bits per heavy atom. The minimum Gasteiger partial charge on any atom is -0.366 e. The number of hydrogen-bond donors (Lipinski definition) is 2. The van der Waals surface area contributed by atoms with Crippen molar-refractivity contribution in [1.82, 2.24) is 10.2 Å². The van der Waals surface area contributed by atoms with Gasteiger partial charge in [-0.2, -0.15) is 0 Å². The minimum absolute atomic E-state index is 0.348. The van der Waals surface area contributed by atoms with Crippen molar-refractivity contribution >= 4 is 5.91 Å². The molecule has 1 heterocycles. The van der Waals surface area contributed by atoms with Gasteiger partial charge in [-0.05, 0) is 56.6 Å². The summed E-state index contributed by atoms with van der Waals surface area (Å²) in [5, 5.41) is 3.47. The number of piperidine rings is 1. The predicted octanol–water partition coefficient (Wildman–Crippen LogP) is 1.61. The van der Waals surface area contributed by atoms with Crippen molar-refractivity contribution < 1.29 is 4.79 Å². The normalized spacial score (nSPS) is 17.2. The molecule has 0 radical (unpaired) electrons. The second kappa shape index (κ2) is 7.41. The monoisotopic (exact) mass is 275 g/mol. The topological polar surface area (TPSA) is 58.4 Å². The molecule has 1 aromatic rings. The molecule has 1 aliphatic rings. The van der Waals surface area contributed by atoms with Crippen LogP contribution >= 0.6 is 0 Å². The number of rotatable bonds is 6.